The van der Waals surface area contributed by atoms with Crippen LogP contribution in [0.15, 0.2) is 36.5 Å². The lowest BCUT2D eigenvalue weighted by atomic mass is 10.0. The Labute approximate surface area is 115 Å². The molecule has 0 aliphatic rings. The van der Waals surface area contributed by atoms with Crippen LogP contribution in [0.3, 0.4) is 0 Å². The van der Waals surface area contributed by atoms with Crippen molar-refractivity contribution in [3.05, 3.63) is 64.2 Å². The third-order valence-electron chi connectivity index (χ3n) is 2.70. The molecule has 0 spiro atoms. The Hall–Kier alpha value is -1.78. The van der Waals surface area contributed by atoms with E-state index in [0.717, 1.165) is 0 Å². The number of rotatable bonds is 4. The van der Waals surface area contributed by atoms with Gasteiger partial charge in [-0.25, -0.2) is 4.39 Å². The molecule has 3 nitrogen and oxygen atoms in total. The molecule has 0 fully saturated rings. The Morgan fingerprint density at radius 1 is 1.32 bits per heavy atom. The van der Waals surface area contributed by atoms with Gasteiger partial charge in [-0.05, 0) is 29.8 Å². The number of aromatic nitrogens is 1. The number of hydrogen-bond donors (Lipinski definition) is 1. The Morgan fingerprint density at radius 3 is 2.79 bits per heavy atom. The van der Waals surface area contributed by atoms with Gasteiger partial charge in [0.05, 0.1) is 10.7 Å². The van der Waals surface area contributed by atoms with E-state index in [1.165, 1.54) is 12.1 Å². The lowest BCUT2D eigenvalue weighted by molar-refractivity contribution is 0.0992. The van der Waals surface area contributed by atoms with Crippen molar-refractivity contribution in [1.82, 2.24) is 4.98 Å². The van der Waals surface area contributed by atoms with Gasteiger partial charge < -0.3 is 5.73 Å². The molecule has 0 unspecified atom stereocenters. The first kappa shape index (κ1) is 13.6. The van der Waals surface area contributed by atoms with Crippen LogP contribution in [0.4, 0.5) is 4.39 Å². The first-order valence-corrected chi connectivity index (χ1v) is 6.10. The van der Waals surface area contributed by atoms with Crippen molar-refractivity contribution in [2.24, 2.45) is 5.73 Å². The Morgan fingerprint density at radius 2 is 2.11 bits per heavy atom. The summed E-state index contributed by atoms with van der Waals surface area (Å²) in [4.78, 5) is 16.1. The average molecular weight is 279 g/mol. The Balaban J connectivity index is 2.18. The topological polar surface area (TPSA) is 56.0 Å². The van der Waals surface area contributed by atoms with Gasteiger partial charge in [0.2, 0.25) is 0 Å². The molecule has 0 saturated heterocycles. The van der Waals surface area contributed by atoms with Gasteiger partial charge in [-0.15, -0.1) is 0 Å². The number of carbonyl (C=O) groups is 1. The van der Waals surface area contributed by atoms with E-state index in [4.69, 9.17) is 17.3 Å². The summed E-state index contributed by atoms with van der Waals surface area (Å²) in [5.41, 5.74) is 7.34. The van der Waals surface area contributed by atoms with E-state index in [-0.39, 0.29) is 23.8 Å². The van der Waals surface area contributed by atoms with E-state index in [1.54, 1.807) is 24.4 Å². The molecule has 0 radical (unpaired) electrons. The van der Waals surface area contributed by atoms with Crippen LogP contribution in [0.25, 0.3) is 0 Å². The molecule has 2 aromatic rings. The van der Waals surface area contributed by atoms with Gasteiger partial charge >= 0.3 is 0 Å². The fraction of sp³-hybridized carbons (Fsp3) is 0.143. The highest BCUT2D eigenvalue weighted by Gasteiger charge is 2.09. The molecule has 0 aliphatic heterocycles. The number of pyridine rings is 1. The molecular formula is C14H12ClFN2O. The number of nitrogens with two attached hydrogens (primary N) is 1. The van der Waals surface area contributed by atoms with Crippen LogP contribution in [0.2, 0.25) is 5.02 Å². The molecule has 1 aromatic heterocycles. The molecule has 2 rings (SSSR count). The average Bonchev–Trinajstić information content (AvgIpc) is 2.43. The van der Waals surface area contributed by atoms with Crippen LogP contribution < -0.4 is 5.73 Å². The molecule has 19 heavy (non-hydrogen) atoms. The number of halogens is 2. The monoisotopic (exact) mass is 278 g/mol. The number of benzene rings is 1. The van der Waals surface area contributed by atoms with Gasteiger partial charge in [0.15, 0.2) is 5.78 Å². The molecule has 0 bridgehead atoms. The van der Waals surface area contributed by atoms with Crippen molar-refractivity contribution < 1.29 is 9.18 Å². The molecular weight excluding hydrogens is 267 g/mol. The minimum absolute atomic E-state index is 0.0164. The molecule has 98 valence electrons. The van der Waals surface area contributed by atoms with E-state index < -0.39 is 5.82 Å². The molecule has 0 atom stereocenters. The Kier molecular flexibility index (Phi) is 4.24. The molecule has 0 saturated carbocycles. The van der Waals surface area contributed by atoms with Crippen LogP contribution in [-0.4, -0.2) is 10.8 Å². The van der Waals surface area contributed by atoms with Crippen LogP contribution in [-0.2, 0) is 13.0 Å². The number of hydrogen-bond acceptors (Lipinski definition) is 3. The largest absolute Gasteiger partial charge is 0.325 e. The molecule has 1 aromatic carbocycles. The summed E-state index contributed by atoms with van der Waals surface area (Å²) >= 11 is 5.68. The van der Waals surface area contributed by atoms with Crippen LogP contribution >= 0.6 is 11.6 Å². The number of carbonyl (C=O) groups excluding carboxylic acids is 1. The maximum absolute atomic E-state index is 13.0. The third kappa shape index (κ3) is 3.36. The number of Topliss-reactive ketones (excluding diaryl/α,β-unsaturated/α-hetero) is 1. The van der Waals surface area contributed by atoms with Crippen LogP contribution in [0, 0.1) is 5.82 Å². The summed E-state index contributed by atoms with van der Waals surface area (Å²) in [5.74, 6) is -0.577. The molecule has 1 heterocycles. The predicted molar refractivity (Wildman–Crippen MR) is 71.6 cm³/mol. The molecule has 0 amide bonds. The van der Waals surface area contributed by atoms with Crippen molar-refractivity contribution in [3.63, 3.8) is 0 Å². The summed E-state index contributed by atoms with van der Waals surface area (Å²) in [7, 11) is 0. The van der Waals surface area contributed by atoms with Gasteiger partial charge in [-0.3, -0.25) is 9.78 Å². The standard InChI is InChI=1S/C14H12ClFN2O/c15-12-5-9(1-2-13(12)16)6-14(19)10-3-4-18-11(7-10)8-17/h1-5,7H,6,8,17H2. The quantitative estimate of drug-likeness (QED) is 0.875. The molecule has 0 aliphatic carbocycles. The second-order valence-corrected chi connectivity index (χ2v) is 4.50. The highest BCUT2D eigenvalue weighted by Crippen LogP contribution is 2.17. The zero-order valence-corrected chi connectivity index (χ0v) is 10.8. The lowest BCUT2D eigenvalue weighted by Crippen LogP contribution is -2.07. The number of ketones is 1. The molecule has 5 heteroatoms. The maximum Gasteiger partial charge on any atom is 0.167 e. The highest BCUT2D eigenvalue weighted by atomic mass is 35.5. The number of nitrogens with zero attached hydrogens (tertiary/aromatic N) is 1. The normalized spacial score (nSPS) is 10.5. The second-order valence-electron chi connectivity index (χ2n) is 4.09. The SMILES string of the molecule is NCc1cc(C(=O)Cc2ccc(F)c(Cl)c2)ccn1. The van der Waals surface area contributed by atoms with E-state index in [0.29, 0.717) is 16.8 Å². The third-order valence-corrected chi connectivity index (χ3v) is 2.99. The minimum Gasteiger partial charge on any atom is -0.325 e. The summed E-state index contributed by atoms with van der Waals surface area (Å²) < 4.78 is 13.0. The van der Waals surface area contributed by atoms with Crippen molar-refractivity contribution in [2.45, 2.75) is 13.0 Å². The van der Waals surface area contributed by atoms with E-state index in [1.807, 2.05) is 0 Å². The first-order chi connectivity index (χ1) is 9.10. The van der Waals surface area contributed by atoms with E-state index >= 15 is 0 Å². The van der Waals surface area contributed by atoms with E-state index in [9.17, 15) is 9.18 Å². The summed E-state index contributed by atoms with van der Waals surface area (Å²) in [6.45, 7) is 0.281. The predicted octanol–water partition coefficient (Wildman–Crippen LogP) is 2.76. The van der Waals surface area contributed by atoms with Crippen molar-refractivity contribution >= 4 is 17.4 Å². The Bertz CT molecular complexity index is 616. The zero-order chi connectivity index (χ0) is 13.8. The summed E-state index contributed by atoms with van der Waals surface area (Å²) in [6, 6.07) is 7.55. The highest BCUT2D eigenvalue weighted by molar-refractivity contribution is 6.30. The zero-order valence-electron chi connectivity index (χ0n) is 10.1. The van der Waals surface area contributed by atoms with E-state index in [2.05, 4.69) is 4.98 Å². The van der Waals surface area contributed by atoms with Gasteiger partial charge in [-0.2, -0.15) is 0 Å². The fourth-order valence-electron chi connectivity index (χ4n) is 1.70. The van der Waals surface area contributed by atoms with Gasteiger partial charge in [0.25, 0.3) is 0 Å². The van der Waals surface area contributed by atoms with Crippen molar-refractivity contribution in [3.8, 4) is 0 Å². The summed E-state index contributed by atoms with van der Waals surface area (Å²) in [6.07, 6.45) is 1.71. The van der Waals surface area contributed by atoms with Crippen LogP contribution in [0.1, 0.15) is 21.6 Å². The van der Waals surface area contributed by atoms with Gasteiger partial charge in [-0.1, -0.05) is 17.7 Å². The summed E-state index contributed by atoms with van der Waals surface area (Å²) in [5, 5.41) is 0.0164. The van der Waals surface area contributed by atoms with Gasteiger partial charge in [0, 0.05) is 24.7 Å². The second kappa shape index (κ2) is 5.91. The molecule has 2 N–H and O–H groups in total. The lowest BCUT2D eigenvalue weighted by Gasteiger charge is -2.04. The van der Waals surface area contributed by atoms with Crippen LogP contribution in [0.5, 0.6) is 0 Å². The smallest absolute Gasteiger partial charge is 0.167 e. The maximum atomic E-state index is 13.0. The van der Waals surface area contributed by atoms with Crippen molar-refractivity contribution in [1.29, 1.82) is 0 Å². The fourth-order valence-corrected chi connectivity index (χ4v) is 1.90. The van der Waals surface area contributed by atoms with Gasteiger partial charge in [0.1, 0.15) is 5.82 Å². The minimum atomic E-state index is -0.493. The first-order valence-electron chi connectivity index (χ1n) is 5.72. The van der Waals surface area contributed by atoms with Crippen molar-refractivity contribution in [2.75, 3.05) is 0 Å².